The molecule has 0 spiro atoms. The third-order valence-electron chi connectivity index (χ3n) is 3.84. The Hall–Kier alpha value is 1.14. The molecule has 0 atom stereocenters. The average Bonchev–Trinajstić information content (AvgIpc) is 2.55. The number of hydrogen-bond acceptors (Lipinski definition) is 0. The lowest BCUT2D eigenvalue weighted by Gasteiger charge is -2.16. The monoisotopic (exact) mass is 558 g/mol. The van der Waals surface area contributed by atoms with Crippen LogP contribution < -0.4 is 0 Å². The van der Waals surface area contributed by atoms with Gasteiger partial charge in [-0.05, 0) is 73.6 Å². The normalized spacial score (nSPS) is 11.1. The minimum Gasteiger partial charge on any atom is -0.0928 e. The van der Waals surface area contributed by atoms with Crippen LogP contribution >= 0.6 is 63.7 Å². The molecule has 0 saturated heterocycles. The van der Waals surface area contributed by atoms with Crippen molar-refractivity contribution < 1.29 is 0 Å². The van der Waals surface area contributed by atoms with Gasteiger partial charge in [0, 0.05) is 21.3 Å². The molecule has 0 aromatic heterocycles. The summed E-state index contributed by atoms with van der Waals surface area (Å²) in [7, 11) is 0. The Morgan fingerprint density at radius 3 is 0.864 bits per heavy atom. The van der Waals surface area contributed by atoms with Crippen molar-refractivity contribution in [2.75, 3.05) is 21.3 Å². The molecule has 126 valence electrons. The molecule has 0 saturated carbocycles. The van der Waals surface area contributed by atoms with E-state index in [0.29, 0.717) is 0 Å². The van der Waals surface area contributed by atoms with E-state index in [9.17, 15) is 0 Å². The van der Waals surface area contributed by atoms with Crippen LogP contribution in [-0.4, -0.2) is 21.3 Å². The molecule has 0 fully saturated rings. The van der Waals surface area contributed by atoms with Crippen molar-refractivity contribution in [3.05, 3.63) is 34.4 Å². The number of halogens is 4. The highest BCUT2D eigenvalue weighted by atomic mass is 79.9. The summed E-state index contributed by atoms with van der Waals surface area (Å²) in [5.74, 6) is 0. The zero-order valence-electron chi connectivity index (χ0n) is 13.2. The van der Waals surface area contributed by atoms with Crippen LogP contribution in [-0.2, 0) is 25.7 Å². The van der Waals surface area contributed by atoms with Crippen molar-refractivity contribution in [1.29, 1.82) is 0 Å². The van der Waals surface area contributed by atoms with Crippen LogP contribution in [0, 0.1) is 0 Å². The predicted octanol–water partition coefficient (Wildman–Crippen LogP) is 7.00. The van der Waals surface area contributed by atoms with Gasteiger partial charge in [-0.25, -0.2) is 0 Å². The summed E-state index contributed by atoms with van der Waals surface area (Å²) in [6.45, 7) is 0. The molecule has 0 radical (unpaired) electrons. The van der Waals surface area contributed by atoms with Crippen LogP contribution in [0.5, 0.6) is 0 Å². The zero-order chi connectivity index (χ0) is 16.2. The van der Waals surface area contributed by atoms with Crippen LogP contribution in [0.3, 0.4) is 0 Å². The van der Waals surface area contributed by atoms with Gasteiger partial charge in [-0.1, -0.05) is 75.9 Å². The fourth-order valence-corrected chi connectivity index (χ4v) is 3.87. The highest BCUT2D eigenvalue weighted by molar-refractivity contribution is 9.09. The van der Waals surface area contributed by atoms with Crippen LogP contribution in [0.4, 0.5) is 0 Å². The van der Waals surface area contributed by atoms with Crippen LogP contribution in [0.15, 0.2) is 12.1 Å². The first-order chi connectivity index (χ1) is 10.8. The molecular weight excluding hydrogens is 536 g/mol. The fraction of sp³-hybridized carbons (Fsp3) is 0.667. The molecule has 4 heteroatoms. The van der Waals surface area contributed by atoms with E-state index in [2.05, 4.69) is 75.9 Å². The number of benzene rings is 1. The van der Waals surface area contributed by atoms with Crippen molar-refractivity contribution in [1.82, 2.24) is 0 Å². The van der Waals surface area contributed by atoms with E-state index >= 15 is 0 Å². The third-order valence-corrected chi connectivity index (χ3v) is 6.08. The molecule has 1 rings (SSSR count). The second kappa shape index (κ2) is 13.4. The quantitative estimate of drug-likeness (QED) is 0.241. The van der Waals surface area contributed by atoms with Gasteiger partial charge in [0.25, 0.3) is 0 Å². The van der Waals surface area contributed by atoms with E-state index in [4.69, 9.17) is 0 Å². The van der Waals surface area contributed by atoms with Gasteiger partial charge in [0.05, 0.1) is 0 Å². The first-order valence-corrected chi connectivity index (χ1v) is 12.6. The lowest BCUT2D eigenvalue weighted by molar-refractivity contribution is 0.836. The first-order valence-electron chi connectivity index (χ1n) is 8.14. The molecule has 1 aromatic carbocycles. The minimum atomic E-state index is 1.09. The molecule has 0 amide bonds. The Labute approximate surface area is 169 Å². The van der Waals surface area contributed by atoms with E-state index in [0.717, 1.165) is 21.3 Å². The summed E-state index contributed by atoms with van der Waals surface area (Å²) in [5, 5.41) is 4.36. The van der Waals surface area contributed by atoms with Crippen LogP contribution in [0.2, 0.25) is 0 Å². The Morgan fingerprint density at radius 2 is 0.682 bits per heavy atom. The van der Waals surface area contributed by atoms with E-state index < -0.39 is 0 Å². The van der Waals surface area contributed by atoms with Gasteiger partial charge in [0.15, 0.2) is 0 Å². The molecule has 0 unspecified atom stereocenters. The molecule has 0 bridgehead atoms. The van der Waals surface area contributed by atoms with Gasteiger partial charge in [-0.2, -0.15) is 0 Å². The summed E-state index contributed by atoms with van der Waals surface area (Å²) in [6, 6.07) is 5.02. The second-order valence-corrected chi connectivity index (χ2v) is 8.73. The number of alkyl halides is 4. The van der Waals surface area contributed by atoms with Crippen LogP contribution in [0.25, 0.3) is 0 Å². The lowest BCUT2D eigenvalue weighted by Crippen LogP contribution is -2.04. The predicted molar refractivity (Wildman–Crippen MR) is 115 cm³/mol. The zero-order valence-corrected chi connectivity index (χ0v) is 19.5. The summed E-state index contributed by atoms with van der Waals surface area (Å²) in [6.07, 6.45) is 9.68. The second-order valence-electron chi connectivity index (χ2n) is 5.56. The average molecular weight is 562 g/mol. The van der Waals surface area contributed by atoms with Gasteiger partial charge in [0.2, 0.25) is 0 Å². The van der Waals surface area contributed by atoms with Crippen molar-refractivity contribution >= 4 is 63.7 Å². The molecule has 22 heavy (non-hydrogen) atoms. The van der Waals surface area contributed by atoms with E-state index in [1.165, 1.54) is 51.4 Å². The van der Waals surface area contributed by atoms with Crippen molar-refractivity contribution in [2.45, 2.75) is 51.4 Å². The molecule has 0 aliphatic heterocycles. The minimum absolute atomic E-state index is 1.09. The smallest absolute Gasteiger partial charge is 0.00344 e. The number of hydrogen-bond donors (Lipinski definition) is 0. The summed E-state index contributed by atoms with van der Waals surface area (Å²) in [4.78, 5) is 0. The summed E-state index contributed by atoms with van der Waals surface area (Å²) >= 11 is 14.3. The molecule has 0 heterocycles. The highest BCUT2D eigenvalue weighted by Crippen LogP contribution is 2.24. The van der Waals surface area contributed by atoms with E-state index in [1.807, 2.05) is 0 Å². The Balaban J connectivity index is 3.04. The SMILES string of the molecule is BrCCCc1cc(CCCBr)c(CCCBr)cc1CCCBr. The number of aryl methyl sites for hydroxylation is 4. The van der Waals surface area contributed by atoms with Crippen molar-refractivity contribution in [3.63, 3.8) is 0 Å². The van der Waals surface area contributed by atoms with Gasteiger partial charge in [-0.3, -0.25) is 0 Å². The molecule has 1 aromatic rings. The van der Waals surface area contributed by atoms with Crippen LogP contribution in [0.1, 0.15) is 47.9 Å². The first kappa shape index (κ1) is 21.2. The van der Waals surface area contributed by atoms with Gasteiger partial charge < -0.3 is 0 Å². The number of rotatable bonds is 12. The summed E-state index contributed by atoms with van der Waals surface area (Å²) < 4.78 is 0. The van der Waals surface area contributed by atoms with Gasteiger partial charge >= 0.3 is 0 Å². The van der Waals surface area contributed by atoms with E-state index in [1.54, 1.807) is 22.3 Å². The largest absolute Gasteiger partial charge is 0.0928 e. The molecule has 0 N–H and O–H groups in total. The maximum absolute atomic E-state index is 3.57. The molecular formula is C18H26Br4. The van der Waals surface area contributed by atoms with Crippen molar-refractivity contribution in [2.24, 2.45) is 0 Å². The molecule has 0 aliphatic carbocycles. The van der Waals surface area contributed by atoms with Gasteiger partial charge in [0.1, 0.15) is 0 Å². The topological polar surface area (TPSA) is 0 Å². The molecule has 0 aliphatic rings. The molecule has 0 nitrogen and oxygen atoms in total. The lowest BCUT2D eigenvalue weighted by atomic mass is 9.90. The standard InChI is InChI=1S/C18H26Br4/c19-9-1-5-15-13-17(7-3-11-21)18(8-4-12-22)14-16(15)6-2-10-20/h13-14H,1-12H2. The fourth-order valence-electron chi connectivity index (χ4n) is 2.75. The Kier molecular flexibility index (Phi) is 12.9. The highest BCUT2D eigenvalue weighted by Gasteiger charge is 2.10. The maximum Gasteiger partial charge on any atom is 0.00344 e. The Morgan fingerprint density at radius 1 is 0.455 bits per heavy atom. The van der Waals surface area contributed by atoms with Gasteiger partial charge in [-0.15, -0.1) is 0 Å². The van der Waals surface area contributed by atoms with E-state index in [-0.39, 0.29) is 0 Å². The summed E-state index contributed by atoms with van der Waals surface area (Å²) in [5.41, 5.74) is 6.31. The Bertz CT molecular complexity index is 344. The third kappa shape index (κ3) is 7.81. The maximum atomic E-state index is 3.57. The van der Waals surface area contributed by atoms with Crippen molar-refractivity contribution in [3.8, 4) is 0 Å².